The maximum Gasteiger partial charge on any atom is 0.303 e. The van der Waals surface area contributed by atoms with E-state index in [2.05, 4.69) is 5.32 Å². The van der Waals surface area contributed by atoms with Gasteiger partial charge in [-0.25, -0.2) is 0 Å². The zero-order valence-electron chi connectivity index (χ0n) is 10.7. The van der Waals surface area contributed by atoms with Gasteiger partial charge in [-0.3, -0.25) is 9.59 Å². The molecule has 2 saturated heterocycles. The topological polar surface area (TPSA) is 69.6 Å². The molecule has 0 bridgehead atoms. The van der Waals surface area contributed by atoms with Crippen LogP contribution in [0, 0.1) is 11.8 Å². The molecule has 2 aliphatic heterocycles. The molecule has 2 rings (SSSR count). The van der Waals surface area contributed by atoms with E-state index in [1.807, 2.05) is 0 Å². The summed E-state index contributed by atoms with van der Waals surface area (Å²) in [5.41, 5.74) is 0. The largest absolute Gasteiger partial charge is 0.481 e. The van der Waals surface area contributed by atoms with E-state index in [9.17, 15) is 9.59 Å². The lowest BCUT2D eigenvalue weighted by atomic mass is 9.92. The molecule has 1 atom stereocenters. The van der Waals surface area contributed by atoms with E-state index in [4.69, 9.17) is 5.11 Å². The Kier molecular flexibility index (Phi) is 4.58. The van der Waals surface area contributed by atoms with Crippen molar-refractivity contribution >= 4 is 11.9 Å². The summed E-state index contributed by atoms with van der Waals surface area (Å²) in [6.45, 7) is 3.41. The first-order valence-electron chi connectivity index (χ1n) is 6.85. The molecule has 0 radical (unpaired) electrons. The molecule has 2 aliphatic rings. The van der Waals surface area contributed by atoms with Crippen LogP contribution >= 0.6 is 0 Å². The summed E-state index contributed by atoms with van der Waals surface area (Å²) in [6, 6.07) is 0. The second kappa shape index (κ2) is 6.18. The Morgan fingerprint density at radius 1 is 1.28 bits per heavy atom. The first-order chi connectivity index (χ1) is 8.65. The van der Waals surface area contributed by atoms with Crippen LogP contribution in [0.4, 0.5) is 0 Å². The van der Waals surface area contributed by atoms with Gasteiger partial charge in [-0.05, 0) is 38.3 Å². The third kappa shape index (κ3) is 3.70. The molecule has 0 aromatic rings. The van der Waals surface area contributed by atoms with Gasteiger partial charge in [-0.15, -0.1) is 0 Å². The molecule has 1 amide bonds. The van der Waals surface area contributed by atoms with Crippen molar-refractivity contribution < 1.29 is 14.7 Å². The van der Waals surface area contributed by atoms with Gasteiger partial charge in [0.25, 0.3) is 0 Å². The highest BCUT2D eigenvalue weighted by Crippen LogP contribution is 2.22. The molecule has 0 aromatic carbocycles. The van der Waals surface area contributed by atoms with Crippen molar-refractivity contribution in [2.45, 2.75) is 32.1 Å². The van der Waals surface area contributed by atoms with Gasteiger partial charge in [0.1, 0.15) is 0 Å². The standard InChI is InChI=1S/C13H22N2O3/c16-12(4-3-10-2-1-5-14-7-10)15-8-11(9-15)6-13(17)18/h10-11,14H,1-9H2,(H,17,18). The Bertz CT molecular complexity index is 307. The first-order valence-corrected chi connectivity index (χ1v) is 6.85. The molecule has 0 spiro atoms. The highest BCUT2D eigenvalue weighted by Gasteiger charge is 2.31. The summed E-state index contributed by atoms with van der Waals surface area (Å²) in [4.78, 5) is 24.2. The predicted octanol–water partition coefficient (Wildman–Crippen LogP) is 0.699. The number of likely N-dealkylation sites (tertiary alicyclic amines) is 1. The van der Waals surface area contributed by atoms with E-state index in [1.54, 1.807) is 4.90 Å². The van der Waals surface area contributed by atoms with Crippen LogP contribution < -0.4 is 5.32 Å². The van der Waals surface area contributed by atoms with Crippen LogP contribution in [0.1, 0.15) is 32.1 Å². The molecule has 102 valence electrons. The van der Waals surface area contributed by atoms with Gasteiger partial charge in [0, 0.05) is 25.4 Å². The van der Waals surface area contributed by atoms with Gasteiger partial charge in [-0.2, -0.15) is 0 Å². The molecule has 0 aliphatic carbocycles. The third-order valence-electron chi connectivity index (χ3n) is 3.94. The fourth-order valence-corrected chi connectivity index (χ4v) is 2.81. The maximum atomic E-state index is 11.9. The third-order valence-corrected chi connectivity index (χ3v) is 3.94. The van der Waals surface area contributed by atoms with Crippen molar-refractivity contribution in [3.63, 3.8) is 0 Å². The van der Waals surface area contributed by atoms with Crippen LogP contribution in [0.25, 0.3) is 0 Å². The second-order valence-electron chi connectivity index (χ2n) is 5.51. The predicted molar refractivity (Wildman–Crippen MR) is 67.2 cm³/mol. The minimum absolute atomic E-state index is 0.169. The van der Waals surface area contributed by atoms with Crippen LogP contribution in [-0.2, 0) is 9.59 Å². The number of nitrogens with one attached hydrogen (secondary N) is 1. The van der Waals surface area contributed by atoms with Crippen LogP contribution in [0.15, 0.2) is 0 Å². The summed E-state index contributed by atoms with van der Waals surface area (Å²) in [7, 11) is 0. The van der Waals surface area contributed by atoms with Crippen LogP contribution in [0.3, 0.4) is 0 Å². The smallest absolute Gasteiger partial charge is 0.303 e. The molecule has 18 heavy (non-hydrogen) atoms. The molecule has 2 fully saturated rings. The monoisotopic (exact) mass is 254 g/mol. The van der Waals surface area contributed by atoms with Crippen molar-refractivity contribution in [2.75, 3.05) is 26.2 Å². The summed E-state index contributed by atoms with van der Waals surface area (Å²) in [6.07, 6.45) is 4.21. The molecule has 5 nitrogen and oxygen atoms in total. The number of piperidine rings is 1. The van der Waals surface area contributed by atoms with Gasteiger partial charge in [0.15, 0.2) is 0 Å². The highest BCUT2D eigenvalue weighted by molar-refractivity contribution is 5.77. The number of nitrogens with zero attached hydrogens (tertiary/aromatic N) is 1. The van der Waals surface area contributed by atoms with Gasteiger partial charge in [-0.1, -0.05) is 0 Å². The van der Waals surface area contributed by atoms with E-state index in [0.717, 1.165) is 19.5 Å². The number of aliphatic carboxylic acids is 1. The van der Waals surface area contributed by atoms with Crippen LogP contribution in [-0.4, -0.2) is 48.1 Å². The molecule has 5 heteroatoms. The average molecular weight is 254 g/mol. The second-order valence-corrected chi connectivity index (χ2v) is 5.51. The molecular formula is C13H22N2O3. The van der Waals surface area contributed by atoms with Crippen molar-refractivity contribution in [3.8, 4) is 0 Å². The lowest BCUT2D eigenvalue weighted by molar-refractivity contribution is -0.145. The highest BCUT2D eigenvalue weighted by atomic mass is 16.4. The van der Waals surface area contributed by atoms with Gasteiger partial charge in [0.2, 0.25) is 5.91 Å². The lowest BCUT2D eigenvalue weighted by Crippen LogP contribution is -2.50. The average Bonchev–Trinajstić information content (AvgIpc) is 2.31. The summed E-state index contributed by atoms with van der Waals surface area (Å²) < 4.78 is 0. The fraction of sp³-hybridized carbons (Fsp3) is 0.846. The van der Waals surface area contributed by atoms with Crippen LogP contribution in [0.5, 0.6) is 0 Å². The SMILES string of the molecule is O=C(O)CC1CN(C(=O)CCC2CCCNC2)C1. The minimum Gasteiger partial charge on any atom is -0.481 e. The van der Waals surface area contributed by atoms with Crippen molar-refractivity contribution in [1.82, 2.24) is 10.2 Å². The molecular weight excluding hydrogens is 232 g/mol. The summed E-state index contributed by atoms with van der Waals surface area (Å²) >= 11 is 0. The Morgan fingerprint density at radius 3 is 2.67 bits per heavy atom. The minimum atomic E-state index is -0.764. The molecule has 0 saturated carbocycles. The van der Waals surface area contributed by atoms with Gasteiger partial charge < -0.3 is 15.3 Å². The number of hydrogen-bond donors (Lipinski definition) is 2. The zero-order chi connectivity index (χ0) is 13.0. The van der Waals surface area contributed by atoms with Crippen molar-refractivity contribution in [1.29, 1.82) is 0 Å². The number of carbonyl (C=O) groups excluding carboxylic acids is 1. The lowest BCUT2D eigenvalue weighted by Gasteiger charge is -2.39. The first kappa shape index (κ1) is 13.3. The number of carboxylic acid groups (broad SMARTS) is 1. The van der Waals surface area contributed by atoms with Crippen molar-refractivity contribution in [3.05, 3.63) is 0 Å². The Hall–Kier alpha value is -1.10. The molecule has 2 N–H and O–H groups in total. The Morgan fingerprint density at radius 2 is 2.06 bits per heavy atom. The number of rotatable bonds is 5. The normalized spacial score (nSPS) is 24.7. The number of carboxylic acids is 1. The Balaban J connectivity index is 1.60. The van der Waals surface area contributed by atoms with Crippen molar-refractivity contribution in [2.24, 2.45) is 11.8 Å². The van der Waals surface area contributed by atoms with Gasteiger partial charge in [0.05, 0.1) is 6.42 Å². The van der Waals surface area contributed by atoms with E-state index in [1.165, 1.54) is 12.8 Å². The number of carbonyl (C=O) groups is 2. The maximum absolute atomic E-state index is 11.9. The fourth-order valence-electron chi connectivity index (χ4n) is 2.81. The van der Waals surface area contributed by atoms with E-state index >= 15 is 0 Å². The molecule has 1 unspecified atom stereocenters. The van der Waals surface area contributed by atoms with Gasteiger partial charge >= 0.3 is 5.97 Å². The summed E-state index contributed by atoms with van der Waals surface area (Å²) in [5, 5.41) is 12.0. The quantitative estimate of drug-likeness (QED) is 0.757. The summed E-state index contributed by atoms with van der Waals surface area (Å²) in [5.74, 6) is 0.240. The van der Waals surface area contributed by atoms with E-state index < -0.39 is 5.97 Å². The molecule has 2 heterocycles. The number of amides is 1. The van der Waals surface area contributed by atoms with E-state index in [0.29, 0.717) is 25.4 Å². The Labute approximate surface area is 108 Å². The van der Waals surface area contributed by atoms with E-state index in [-0.39, 0.29) is 18.2 Å². The molecule has 0 aromatic heterocycles. The number of hydrogen-bond acceptors (Lipinski definition) is 3. The van der Waals surface area contributed by atoms with Crippen LogP contribution in [0.2, 0.25) is 0 Å². The zero-order valence-corrected chi connectivity index (χ0v) is 10.7.